The number of carbonyl (C=O) groups is 3. The Morgan fingerprint density at radius 2 is 2.08 bits per heavy atom. The van der Waals surface area contributed by atoms with Crippen molar-refractivity contribution in [2.75, 3.05) is 24.6 Å². The summed E-state index contributed by atoms with van der Waals surface area (Å²) in [5.41, 5.74) is 0.301. The van der Waals surface area contributed by atoms with E-state index in [9.17, 15) is 14.4 Å². The number of piperidine rings is 1. The van der Waals surface area contributed by atoms with Crippen molar-refractivity contribution in [3.8, 4) is 0 Å². The Morgan fingerprint density at radius 3 is 2.81 bits per heavy atom. The maximum Gasteiger partial charge on any atom is 0.310 e. The summed E-state index contributed by atoms with van der Waals surface area (Å²) in [6.07, 6.45) is 1.57. The van der Waals surface area contributed by atoms with Crippen LogP contribution in [-0.4, -0.2) is 48.4 Å². The van der Waals surface area contributed by atoms with Crippen molar-refractivity contribution in [1.82, 2.24) is 4.90 Å². The summed E-state index contributed by atoms with van der Waals surface area (Å²) < 4.78 is 5.10. The lowest BCUT2D eigenvalue weighted by atomic mass is 9.96. The molecule has 3 rings (SSSR count). The van der Waals surface area contributed by atoms with Gasteiger partial charge in [0.25, 0.3) is 5.91 Å². The number of imide groups is 1. The van der Waals surface area contributed by atoms with E-state index in [-0.39, 0.29) is 40.2 Å². The number of esters is 1. The van der Waals surface area contributed by atoms with Crippen LogP contribution in [-0.2, 0) is 19.1 Å². The number of carbonyl (C=O) groups excluding carboxylic acids is 3. The first-order chi connectivity index (χ1) is 12.4. The minimum Gasteiger partial charge on any atom is -0.466 e. The average molecular weight is 399 g/mol. The molecular formula is C18H20Cl2N2O4. The number of anilines is 1. The molecule has 0 aromatic heterocycles. The zero-order valence-electron chi connectivity index (χ0n) is 14.4. The molecule has 2 aliphatic heterocycles. The van der Waals surface area contributed by atoms with Gasteiger partial charge in [0, 0.05) is 6.54 Å². The Kier molecular flexibility index (Phi) is 5.85. The molecule has 0 unspecified atom stereocenters. The molecule has 2 atom stereocenters. The number of rotatable bonds is 4. The standard InChI is InChI=1S/C18H20Cl2N2O4/c1-2-26-18(25)11-5-4-8-21(10-11)14-9-15(23)22(17(14)24)13-7-3-6-12(19)16(13)20/h3,6-7,11,14H,2,4-5,8-10H2,1H3/t11-,14-/m0/s1. The summed E-state index contributed by atoms with van der Waals surface area (Å²) in [6.45, 7) is 3.18. The van der Waals surface area contributed by atoms with Crippen molar-refractivity contribution >= 4 is 46.7 Å². The Morgan fingerprint density at radius 1 is 1.31 bits per heavy atom. The largest absolute Gasteiger partial charge is 0.466 e. The number of hydrogen-bond acceptors (Lipinski definition) is 5. The van der Waals surface area contributed by atoms with Crippen LogP contribution >= 0.6 is 23.2 Å². The first-order valence-corrected chi connectivity index (χ1v) is 9.41. The quantitative estimate of drug-likeness (QED) is 0.576. The van der Waals surface area contributed by atoms with Crippen LogP contribution in [0.2, 0.25) is 10.0 Å². The van der Waals surface area contributed by atoms with Crippen molar-refractivity contribution in [3.63, 3.8) is 0 Å². The smallest absolute Gasteiger partial charge is 0.310 e. The number of amides is 2. The molecule has 2 saturated heterocycles. The third-order valence-corrected chi connectivity index (χ3v) is 5.62. The fourth-order valence-electron chi connectivity index (χ4n) is 3.56. The highest BCUT2D eigenvalue weighted by atomic mass is 35.5. The van der Waals surface area contributed by atoms with Crippen molar-refractivity contribution in [1.29, 1.82) is 0 Å². The number of nitrogens with zero attached hydrogens (tertiary/aromatic N) is 2. The minimum atomic E-state index is -0.588. The summed E-state index contributed by atoms with van der Waals surface area (Å²) in [5.74, 6) is -1.16. The molecule has 6 nitrogen and oxygen atoms in total. The molecule has 0 bridgehead atoms. The molecule has 2 heterocycles. The van der Waals surface area contributed by atoms with Crippen LogP contribution in [0.3, 0.4) is 0 Å². The van der Waals surface area contributed by atoms with Crippen LogP contribution in [0.5, 0.6) is 0 Å². The predicted molar refractivity (Wildman–Crippen MR) is 98.3 cm³/mol. The molecular weight excluding hydrogens is 379 g/mol. The zero-order valence-corrected chi connectivity index (χ0v) is 15.9. The van der Waals surface area contributed by atoms with E-state index in [0.717, 1.165) is 17.7 Å². The summed E-state index contributed by atoms with van der Waals surface area (Å²) in [5, 5.41) is 0.466. The van der Waals surface area contributed by atoms with E-state index in [1.165, 1.54) is 0 Å². The summed E-state index contributed by atoms with van der Waals surface area (Å²) >= 11 is 12.2. The highest BCUT2D eigenvalue weighted by molar-refractivity contribution is 6.44. The fourth-order valence-corrected chi connectivity index (χ4v) is 3.94. The number of benzene rings is 1. The Hall–Kier alpha value is -1.63. The van der Waals surface area contributed by atoms with E-state index in [4.69, 9.17) is 27.9 Å². The second-order valence-corrected chi connectivity index (χ2v) is 7.23. The van der Waals surface area contributed by atoms with E-state index in [1.807, 2.05) is 4.90 Å². The fraction of sp³-hybridized carbons (Fsp3) is 0.500. The van der Waals surface area contributed by atoms with Gasteiger partial charge in [-0.3, -0.25) is 19.3 Å². The van der Waals surface area contributed by atoms with Crippen molar-refractivity contribution in [2.45, 2.75) is 32.2 Å². The lowest BCUT2D eigenvalue weighted by molar-refractivity contribution is -0.150. The Balaban J connectivity index is 1.78. The topological polar surface area (TPSA) is 66.9 Å². The predicted octanol–water partition coefficient (Wildman–Crippen LogP) is 2.90. The first-order valence-electron chi connectivity index (χ1n) is 8.65. The molecule has 8 heteroatoms. The average Bonchev–Trinajstić information content (AvgIpc) is 2.92. The molecule has 1 aromatic carbocycles. The molecule has 0 N–H and O–H groups in total. The summed E-state index contributed by atoms with van der Waals surface area (Å²) in [4.78, 5) is 40.5. The van der Waals surface area contributed by atoms with Crippen molar-refractivity contribution in [3.05, 3.63) is 28.2 Å². The van der Waals surface area contributed by atoms with Gasteiger partial charge >= 0.3 is 5.97 Å². The third-order valence-electron chi connectivity index (χ3n) is 4.81. The number of halogens is 2. The van der Waals surface area contributed by atoms with Gasteiger partial charge in [-0.15, -0.1) is 0 Å². The van der Waals surface area contributed by atoms with Crippen molar-refractivity contribution in [2.24, 2.45) is 5.92 Å². The van der Waals surface area contributed by atoms with Gasteiger partial charge in [0.15, 0.2) is 0 Å². The maximum atomic E-state index is 12.9. The Labute approximate surface area is 162 Å². The first kappa shape index (κ1) is 19.1. The second-order valence-electron chi connectivity index (χ2n) is 6.45. The molecule has 1 aromatic rings. The molecule has 0 radical (unpaired) electrons. The van der Waals surface area contributed by atoms with Gasteiger partial charge in [-0.25, -0.2) is 4.90 Å². The van der Waals surface area contributed by atoms with Gasteiger partial charge in [0.1, 0.15) is 0 Å². The highest BCUT2D eigenvalue weighted by Gasteiger charge is 2.45. The number of likely N-dealkylation sites (tertiary alicyclic amines) is 1. The van der Waals surface area contributed by atoms with E-state index >= 15 is 0 Å². The molecule has 0 aliphatic carbocycles. The monoisotopic (exact) mass is 398 g/mol. The van der Waals surface area contributed by atoms with Gasteiger partial charge < -0.3 is 4.74 Å². The van der Waals surface area contributed by atoms with Crippen LogP contribution in [0.4, 0.5) is 5.69 Å². The lowest BCUT2D eigenvalue weighted by Gasteiger charge is -2.34. The normalized spacial score (nSPS) is 24.2. The summed E-state index contributed by atoms with van der Waals surface area (Å²) in [6, 6.07) is 4.26. The van der Waals surface area contributed by atoms with Crippen LogP contribution in [0.15, 0.2) is 18.2 Å². The van der Waals surface area contributed by atoms with Crippen LogP contribution < -0.4 is 4.90 Å². The molecule has 2 aliphatic rings. The highest BCUT2D eigenvalue weighted by Crippen LogP contribution is 2.36. The number of ether oxygens (including phenoxy) is 1. The van der Waals surface area contributed by atoms with Gasteiger partial charge in [0.2, 0.25) is 5.91 Å². The van der Waals surface area contributed by atoms with E-state index in [2.05, 4.69) is 0 Å². The van der Waals surface area contributed by atoms with E-state index in [0.29, 0.717) is 25.4 Å². The molecule has 0 spiro atoms. The molecule has 2 amide bonds. The summed E-state index contributed by atoms with van der Waals surface area (Å²) in [7, 11) is 0. The van der Waals surface area contributed by atoms with Gasteiger partial charge in [-0.05, 0) is 38.4 Å². The molecule has 0 saturated carbocycles. The SMILES string of the molecule is CCOC(=O)[C@H]1CCCN([C@H]2CC(=O)N(c3cccc(Cl)c3Cl)C2=O)C1. The van der Waals surface area contributed by atoms with Gasteiger partial charge in [-0.2, -0.15) is 0 Å². The molecule has 2 fully saturated rings. The maximum absolute atomic E-state index is 12.9. The molecule has 26 heavy (non-hydrogen) atoms. The zero-order chi connectivity index (χ0) is 18.8. The molecule has 140 valence electrons. The van der Waals surface area contributed by atoms with E-state index < -0.39 is 6.04 Å². The van der Waals surface area contributed by atoms with Crippen LogP contribution in [0.1, 0.15) is 26.2 Å². The van der Waals surface area contributed by atoms with Gasteiger partial charge in [-0.1, -0.05) is 29.3 Å². The second kappa shape index (κ2) is 7.94. The minimum absolute atomic E-state index is 0.0667. The number of hydrogen-bond donors (Lipinski definition) is 0. The lowest BCUT2D eigenvalue weighted by Crippen LogP contribution is -2.48. The Bertz CT molecular complexity index is 740. The third kappa shape index (κ3) is 3.59. The van der Waals surface area contributed by atoms with Crippen molar-refractivity contribution < 1.29 is 19.1 Å². The van der Waals surface area contributed by atoms with Crippen LogP contribution in [0, 0.1) is 5.92 Å². The van der Waals surface area contributed by atoms with Crippen LogP contribution in [0.25, 0.3) is 0 Å². The van der Waals surface area contributed by atoms with Gasteiger partial charge in [0.05, 0.1) is 40.7 Å². The van der Waals surface area contributed by atoms with E-state index in [1.54, 1.807) is 25.1 Å².